The molecule has 0 radical (unpaired) electrons. The van der Waals surface area contributed by atoms with Crippen LogP contribution in [0.2, 0.25) is 0 Å². The first-order valence-corrected chi connectivity index (χ1v) is 9.80. The van der Waals surface area contributed by atoms with Crippen LogP contribution in [-0.4, -0.2) is 48.6 Å². The van der Waals surface area contributed by atoms with Gasteiger partial charge in [0.25, 0.3) is 0 Å². The van der Waals surface area contributed by atoms with Crippen molar-refractivity contribution in [1.82, 2.24) is 9.88 Å². The molecule has 0 aliphatic carbocycles. The minimum atomic E-state index is -0.458. The number of benzene rings is 1. The summed E-state index contributed by atoms with van der Waals surface area (Å²) in [5.41, 5.74) is 7.31. The fourth-order valence-corrected chi connectivity index (χ4v) is 4.79. The Hall–Kier alpha value is -2.44. The normalized spacial score (nSPS) is 27.5. The number of piperidine rings is 3. The molecule has 6 heteroatoms. The second-order valence-corrected chi connectivity index (χ2v) is 7.73. The van der Waals surface area contributed by atoms with Crippen molar-refractivity contribution in [1.29, 1.82) is 0 Å². The van der Waals surface area contributed by atoms with E-state index in [0.717, 1.165) is 41.7 Å². The predicted octanol–water partition coefficient (Wildman–Crippen LogP) is 2.68. The number of hydrogen-bond donors (Lipinski definition) is 1. The molecule has 0 spiro atoms. The van der Waals surface area contributed by atoms with Crippen LogP contribution in [0.1, 0.15) is 24.5 Å². The number of carbonyl (C=O) groups is 1. The van der Waals surface area contributed by atoms with Crippen LogP contribution in [0.25, 0.3) is 10.9 Å². The van der Waals surface area contributed by atoms with Crippen molar-refractivity contribution < 1.29 is 14.3 Å². The average molecular weight is 381 g/mol. The Morgan fingerprint density at radius 1 is 1.46 bits per heavy atom. The maximum absolute atomic E-state index is 11.5. The standard InChI is InChI=1S/C22H27N3O3/c1-3-14-12-25-9-7-15(14)10-20(25)22(28-13-21(23)26)17-6-8-24-19-5-4-16(27-2)11-18(17)19/h3-6,8,11,14-15,20,22H,1,7,9-10,12-13H2,2H3,(H2,23,26)/t14-,15-,20-,22+/m0/s1. The van der Waals surface area contributed by atoms with Crippen LogP contribution in [-0.2, 0) is 9.53 Å². The lowest BCUT2D eigenvalue weighted by Gasteiger charge is -2.51. The summed E-state index contributed by atoms with van der Waals surface area (Å²) in [7, 11) is 1.65. The van der Waals surface area contributed by atoms with Crippen LogP contribution < -0.4 is 10.5 Å². The summed E-state index contributed by atoms with van der Waals surface area (Å²) in [6.45, 7) is 5.94. The van der Waals surface area contributed by atoms with E-state index in [1.54, 1.807) is 13.3 Å². The zero-order valence-electron chi connectivity index (χ0n) is 16.2. The lowest BCUT2D eigenvalue weighted by Crippen LogP contribution is -2.55. The molecule has 6 nitrogen and oxygen atoms in total. The van der Waals surface area contributed by atoms with Crippen molar-refractivity contribution in [2.75, 3.05) is 26.8 Å². The highest BCUT2D eigenvalue weighted by molar-refractivity contribution is 5.84. The second kappa shape index (κ2) is 7.89. The van der Waals surface area contributed by atoms with E-state index in [1.807, 2.05) is 24.3 Å². The molecule has 3 aliphatic rings. The molecular formula is C22H27N3O3. The molecule has 2 N–H and O–H groups in total. The summed E-state index contributed by atoms with van der Waals surface area (Å²) >= 11 is 0. The van der Waals surface area contributed by atoms with Crippen LogP contribution in [0, 0.1) is 11.8 Å². The van der Waals surface area contributed by atoms with Crippen molar-refractivity contribution >= 4 is 16.8 Å². The van der Waals surface area contributed by atoms with Gasteiger partial charge in [-0.05, 0) is 61.1 Å². The molecule has 148 valence electrons. The van der Waals surface area contributed by atoms with Crippen LogP contribution in [0.15, 0.2) is 43.1 Å². The van der Waals surface area contributed by atoms with E-state index < -0.39 is 5.91 Å². The Bertz CT molecular complexity index is 884. The zero-order valence-corrected chi connectivity index (χ0v) is 16.2. The van der Waals surface area contributed by atoms with E-state index in [-0.39, 0.29) is 18.8 Å². The molecule has 5 atom stereocenters. The maximum atomic E-state index is 11.5. The third kappa shape index (κ3) is 3.50. The lowest BCUT2D eigenvalue weighted by atomic mass is 9.73. The minimum Gasteiger partial charge on any atom is -0.497 e. The van der Waals surface area contributed by atoms with E-state index >= 15 is 0 Å². The summed E-state index contributed by atoms with van der Waals surface area (Å²) in [6, 6.07) is 8.03. The highest BCUT2D eigenvalue weighted by Crippen LogP contribution is 2.43. The topological polar surface area (TPSA) is 77.7 Å². The Labute approximate surface area is 165 Å². The summed E-state index contributed by atoms with van der Waals surface area (Å²) in [6.07, 6.45) is 5.83. The zero-order chi connectivity index (χ0) is 19.7. The molecule has 4 heterocycles. The molecule has 5 rings (SSSR count). The van der Waals surface area contributed by atoms with Gasteiger partial charge in [0.05, 0.1) is 18.7 Å². The molecule has 1 amide bonds. The van der Waals surface area contributed by atoms with Crippen molar-refractivity contribution in [3.63, 3.8) is 0 Å². The first kappa shape index (κ1) is 18.9. The number of aromatic nitrogens is 1. The monoisotopic (exact) mass is 381 g/mol. The van der Waals surface area contributed by atoms with E-state index in [9.17, 15) is 4.79 Å². The molecule has 28 heavy (non-hydrogen) atoms. The number of ether oxygens (including phenoxy) is 2. The maximum Gasteiger partial charge on any atom is 0.243 e. The number of nitrogens with zero attached hydrogens (tertiary/aromatic N) is 2. The summed E-state index contributed by atoms with van der Waals surface area (Å²) in [4.78, 5) is 18.4. The largest absolute Gasteiger partial charge is 0.497 e. The van der Waals surface area contributed by atoms with Gasteiger partial charge in [-0.3, -0.25) is 14.7 Å². The molecule has 2 aromatic rings. The smallest absolute Gasteiger partial charge is 0.243 e. The van der Waals surface area contributed by atoms with Crippen LogP contribution >= 0.6 is 0 Å². The fourth-order valence-electron chi connectivity index (χ4n) is 4.79. The van der Waals surface area contributed by atoms with E-state index in [4.69, 9.17) is 15.2 Å². The van der Waals surface area contributed by atoms with Gasteiger partial charge in [0.2, 0.25) is 5.91 Å². The van der Waals surface area contributed by atoms with Gasteiger partial charge in [0.1, 0.15) is 12.4 Å². The van der Waals surface area contributed by atoms with Gasteiger partial charge >= 0.3 is 0 Å². The SMILES string of the molecule is C=C[C@H]1CN2CC[C@H]1C[C@H]2[C@H](OCC(N)=O)c1ccnc2ccc(OC)cc12. The molecule has 2 bridgehead atoms. The fraction of sp³-hybridized carbons (Fsp3) is 0.455. The van der Waals surface area contributed by atoms with Crippen molar-refractivity contribution in [2.24, 2.45) is 17.6 Å². The van der Waals surface area contributed by atoms with Crippen LogP contribution in [0.3, 0.4) is 0 Å². The number of pyridine rings is 1. The summed E-state index contributed by atoms with van der Waals surface area (Å²) in [5, 5.41) is 0.985. The molecule has 3 aliphatic heterocycles. The number of hydrogen-bond acceptors (Lipinski definition) is 5. The molecule has 3 saturated heterocycles. The Morgan fingerprint density at radius 2 is 2.32 bits per heavy atom. The molecular weight excluding hydrogens is 354 g/mol. The van der Waals surface area contributed by atoms with Gasteiger partial charge in [0.15, 0.2) is 0 Å². The Balaban J connectivity index is 1.74. The molecule has 3 fully saturated rings. The number of amides is 1. The quantitative estimate of drug-likeness (QED) is 0.746. The van der Waals surface area contributed by atoms with Crippen LogP contribution in [0.4, 0.5) is 0 Å². The number of nitrogens with two attached hydrogens (primary N) is 1. The molecule has 1 unspecified atom stereocenters. The summed E-state index contributed by atoms with van der Waals surface area (Å²) in [5.74, 6) is 1.44. The summed E-state index contributed by atoms with van der Waals surface area (Å²) < 4.78 is 11.5. The molecule has 0 saturated carbocycles. The van der Waals surface area contributed by atoms with Gasteiger partial charge < -0.3 is 15.2 Å². The second-order valence-electron chi connectivity index (χ2n) is 7.73. The molecule has 1 aromatic heterocycles. The first-order valence-electron chi connectivity index (χ1n) is 9.80. The van der Waals surface area contributed by atoms with Crippen molar-refractivity contribution in [2.45, 2.75) is 25.0 Å². The van der Waals surface area contributed by atoms with Gasteiger partial charge in [-0.15, -0.1) is 6.58 Å². The average Bonchev–Trinajstić information content (AvgIpc) is 2.73. The number of carbonyl (C=O) groups excluding carboxylic acids is 1. The third-order valence-corrected chi connectivity index (χ3v) is 6.20. The number of rotatable bonds is 7. The lowest BCUT2D eigenvalue weighted by molar-refractivity contribution is -0.129. The van der Waals surface area contributed by atoms with E-state index in [1.165, 1.54) is 6.42 Å². The van der Waals surface area contributed by atoms with Gasteiger partial charge in [-0.2, -0.15) is 0 Å². The Morgan fingerprint density at radius 3 is 3.00 bits per heavy atom. The third-order valence-electron chi connectivity index (χ3n) is 6.20. The number of fused-ring (bicyclic) bond motifs is 4. The van der Waals surface area contributed by atoms with Crippen molar-refractivity contribution in [3.8, 4) is 5.75 Å². The van der Waals surface area contributed by atoms with Gasteiger partial charge in [-0.25, -0.2) is 0 Å². The van der Waals surface area contributed by atoms with Gasteiger partial charge in [0, 0.05) is 24.2 Å². The first-order chi connectivity index (χ1) is 13.6. The highest BCUT2D eigenvalue weighted by atomic mass is 16.5. The number of primary amides is 1. The highest BCUT2D eigenvalue weighted by Gasteiger charge is 2.43. The predicted molar refractivity (Wildman–Crippen MR) is 108 cm³/mol. The van der Waals surface area contributed by atoms with Crippen molar-refractivity contribution in [3.05, 3.63) is 48.7 Å². The van der Waals surface area contributed by atoms with E-state index in [0.29, 0.717) is 11.8 Å². The molecule has 1 aromatic carbocycles. The van der Waals surface area contributed by atoms with Crippen LogP contribution in [0.5, 0.6) is 5.75 Å². The Kier molecular flexibility index (Phi) is 5.33. The minimum absolute atomic E-state index is 0.0989. The van der Waals surface area contributed by atoms with E-state index in [2.05, 4.69) is 22.5 Å². The number of methoxy groups -OCH3 is 1. The van der Waals surface area contributed by atoms with Gasteiger partial charge in [-0.1, -0.05) is 6.08 Å².